The van der Waals surface area contributed by atoms with Crippen LogP contribution < -0.4 is 15.8 Å². The number of para-hydroxylation sites is 1. The Morgan fingerprint density at radius 3 is 2.69 bits per heavy atom. The molecular weight excluding hydrogens is 317 g/mol. The largest absolute Gasteiger partial charge is 0.494 e. The Bertz CT molecular complexity index is 303. The summed E-state index contributed by atoms with van der Waals surface area (Å²) in [6, 6.07) is 9.75. The lowest BCUT2D eigenvalue weighted by Crippen LogP contribution is -2.32. The van der Waals surface area contributed by atoms with E-state index in [0.29, 0.717) is 12.6 Å². The molecule has 0 radical (unpaired) electrons. The van der Waals surface area contributed by atoms with Crippen molar-refractivity contribution in [2.75, 3.05) is 20.2 Å². The van der Waals surface area contributed by atoms with Crippen molar-refractivity contribution < 1.29 is 4.74 Å². The van der Waals surface area contributed by atoms with Crippen LogP contribution >= 0.6 is 24.0 Å². The number of nitrogens with one attached hydrogen (secondary N) is 1. The Morgan fingerprint density at radius 2 is 2.06 bits per heavy atom. The van der Waals surface area contributed by atoms with Gasteiger partial charge in [-0.1, -0.05) is 18.2 Å². The normalized spacial score (nSPS) is 10.4. The molecule has 1 aromatic rings. The standard InChI is InChI=1S/C11H17N3O.HI/c1-13-11(12)14-8-5-9-15-10-6-3-2-4-7-10;/h2-4,6-7H,5,8-9H2,1H3,(H3,12,13,14);1H. The molecule has 0 saturated carbocycles. The molecule has 0 heterocycles. The van der Waals surface area contributed by atoms with Crippen LogP contribution in [-0.4, -0.2) is 26.2 Å². The molecule has 0 fully saturated rings. The molecule has 4 nitrogen and oxygen atoms in total. The van der Waals surface area contributed by atoms with Gasteiger partial charge in [0.25, 0.3) is 0 Å². The highest BCUT2D eigenvalue weighted by Gasteiger charge is 1.92. The highest BCUT2D eigenvalue weighted by molar-refractivity contribution is 14.0. The van der Waals surface area contributed by atoms with Gasteiger partial charge in [-0.25, -0.2) is 0 Å². The topological polar surface area (TPSA) is 59.6 Å². The molecule has 0 aliphatic rings. The van der Waals surface area contributed by atoms with Gasteiger partial charge in [-0.2, -0.15) is 0 Å². The Morgan fingerprint density at radius 1 is 1.38 bits per heavy atom. The minimum absolute atomic E-state index is 0. The molecule has 0 aromatic heterocycles. The number of guanidine groups is 1. The summed E-state index contributed by atoms with van der Waals surface area (Å²) in [6.07, 6.45) is 0.894. The van der Waals surface area contributed by atoms with Crippen LogP contribution in [0.3, 0.4) is 0 Å². The van der Waals surface area contributed by atoms with Crippen LogP contribution in [0.5, 0.6) is 5.75 Å². The maximum atomic E-state index is 5.50. The summed E-state index contributed by atoms with van der Waals surface area (Å²) in [5.74, 6) is 1.37. The molecule has 0 aliphatic carbocycles. The van der Waals surface area contributed by atoms with E-state index in [0.717, 1.165) is 18.7 Å². The Kier molecular flexibility index (Phi) is 8.69. The molecule has 1 aromatic carbocycles. The fourth-order valence-electron chi connectivity index (χ4n) is 1.07. The van der Waals surface area contributed by atoms with Gasteiger partial charge in [0.2, 0.25) is 0 Å². The maximum Gasteiger partial charge on any atom is 0.188 e. The van der Waals surface area contributed by atoms with E-state index in [4.69, 9.17) is 10.5 Å². The van der Waals surface area contributed by atoms with E-state index in [1.807, 2.05) is 30.3 Å². The number of hydrogen-bond donors (Lipinski definition) is 2. The zero-order valence-electron chi connectivity index (χ0n) is 9.35. The van der Waals surface area contributed by atoms with Crippen molar-refractivity contribution >= 4 is 29.9 Å². The van der Waals surface area contributed by atoms with Gasteiger partial charge in [-0.15, -0.1) is 24.0 Å². The third-order valence-electron chi connectivity index (χ3n) is 1.88. The van der Waals surface area contributed by atoms with E-state index in [2.05, 4.69) is 10.3 Å². The lowest BCUT2D eigenvalue weighted by Gasteiger charge is -2.06. The number of aliphatic imine (C=N–C) groups is 1. The number of nitrogens with zero attached hydrogens (tertiary/aromatic N) is 1. The Labute approximate surface area is 113 Å². The molecule has 90 valence electrons. The average Bonchev–Trinajstić information content (AvgIpc) is 2.29. The van der Waals surface area contributed by atoms with Crippen molar-refractivity contribution in [3.63, 3.8) is 0 Å². The van der Waals surface area contributed by atoms with Gasteiger partial charge in [0.05, 0.1) is 6.61 Å². The lowest BCUT2D eigenvalue weighted by atomic mass is 10.3. The second-order valence-corrected chi connectivity index (χ2v) is 3.05. The fourth-order valence-corrected chi connectivity index (χ4v) is 1.07. The van der Waals surface area contributed by atoms with Crippen molar-refractivity contribution in [1.29, 1.82) is 0 Å². The summed E-state index contributed by atoms with van der Waals surface area (Å²) in [4.78, 5) is 3.79. The number of nitrogens with two attached hydrogens (primary N) is 1. The third kappa shape index (κ3) is 6.49. The third-order valence-corrected chi connectivity index (χ3v) is 1.88. The molecule has 0 bridgehead atoms. The van der Waals surface area contributed by atoms with Crippen LogP contribution in [0, 0.1) is 0 Å². The smallest absolute Gasteiger partial charge is 0.188 e. The Balaban J connectivity index is 0.00000225. The molecule has 0 saturated heterocycles. The molecule has 16 heavy (non-hydrogen) atoms. The van der Waals surface area contributed by atoms with E-state index in [1.165, 1.54) is 0 Å². The second kappa shape index (κ2) is 9.26. The van der Waals surface area contributed by atoms with Gasteiger partial charge in [0.15, 0.2) is 5.96 Å². The van der Waals surface area contributed by atoms with E-state index < -0.39 is 0 Å². The van der Waals surface area contributed by atoms with Crippen LogP contribution in [-0.2, 0) is 0 Å². The number of hydrogen-bond acceptors (Lipinski definition) is 2. The first-order valence-electron chi connectivity index (χ1n) is 4.97. The van der Waals surface area contributed by atoms with Crippen LogP contribution in [0.4, 0.5) is 0 Å². The number of halogens is 1. The van der Waals surface area contributed by atoms with Gasteiger partial charge in [0.1, 0.15) is 5.75 Å². The van der Waals surface area contributed by atoms with E-state index in [1.54, 1.807) is 7.05 Å². The van der Waals surface area contributed by atoms with Crippen molar-refractivity contribution in [3.8, 4) is 5.75 Å². The lowest BCUT2D eigenvalue weighted by molar-refractivity contribution is 0.311. The zero-order valence-corrected chi connectivity index (χ0v) is 11.7. The zero-order chi connectivity index (χ0) is 10.9. The predicted molar refractivity (Wildman–Crippen MR) is 77.5 cm³/mol. The van der Waals surface area contributed by atoms with Crippen molar-refractivity contribution in [1.82, 2.24) is 5.32 Å². The minimum atomic E-state index is 0. The van der Waals surface area contributed by atoms with Crippen LogP contribution in [0.2, 0.25) is 0 Å². The quantitative estimate of drug-likeness (QED) is 0.372. The number of benzene rings is 1. The SMILES string of the molecule is CN=C(N)NCCCOc1ccccc1.I. The van der Waals surface area contributed by atoms with E-state index in [9.17, 15) is 0 Å². The summed E-state index contributed by atoms with van der Waals surface area (Å²) >= 11 is 0. The first kappa shape index (κ1) is 15.0. The predicted octanol–water partition coefficient (Wildman–Crippen LogP) is 1.61. The van der Waals surface area contributed by atoms with Gasteiger partial charge < -0.3 is 15.8 Å². The summed E-state index contributed by atoms with van der Waals surface area (Å²) in [6.45, 7) is 1.45. The second-order valence-electron chi connectivity index (χ2n) is 3.05. The first-order valence-corrected chi connectivity index (χ1v) is 4.97. The monoisotopic (exact) mass is 335 g/mol. The summed E-state index contributed by atoms with van der Waals surface area (Å²) < 4.78 is 5.50. The summed E-state index contributed by atoms with van der Waals surface area (Å²) in [5.41, 5.74) is 5.46. The van der Waals surface area contributed by atoms with Crippen LogP contribution in [0.15, 0.2) is 35.3 Å². The van der Waals surface area contributed by atoms with Crippen molar-refractivity contribution in [2.24, 2.45) is 10.7 Å². The first-order chi connectivity index (χ1) is 7.33. The molecule has 5 heteroatoms. The van der Waals surface area contributed by atoms with Crippen molar-refractivity contribution in [3.05, 3.63) is 30.3 Å². The van der Waals surface area contributed by atoms with Crippen LogP contribution in [0.25, 0.3) is 0 Å². The molecular formula is C11H18IN3O. The molecule has 0 spiro atoms. The van der Waals surface area contributed by atoms with E-state index in [-0.39, 0.29) is 24.0 Å². The van der Waals surface area contributed by atoms with Crippen molar-refractivity contribution in [2.45, 2.75) is 6.42 Å². The average molecular weight is 335 g/mol. The molecule has 0 amide bonds. The van der Waals surface area contributed by atoms with Gasteiger partial charge in [-0.05, 0) is 18.6 Å². The van der Waals surface area contributed by atoms with Gasteiger partial charge >= 0.3 is 0 Å². The summed E-state index contributed by atoms with van der Waals surface area (Å²) in [5, 5.41) is 2.97. The molecule has 1 rings (SSSR count). The Hall–Kier alpha value is -0.980. The van der Waals surface area contributed by atoms with E-state index >= 15 is 0 Å². The molecule has 0 atom stereocenters. The maximum absolute atomic E-state index is 5.50. The van der Waals surface area contributed by atoms with Gasteiger partial charge in [-0.3, -0.25) is 4.99 Å². The summed E-state index contributed by atoms with van der Waals surface area (Å²) in [7, 11) is 1.66. The minimum Gasteiger partial charge on any atom is -0.494 e. The number of ether oxygens (including phenoxy) is 1. The number of rotatable bonds is 5. The highest BCUT2D eigenvalue weighted by Crippen LogP contribution is 2.07. The molecule has 0 unspecified atom stereocenters. The molecule has 0 aliphatic heterocycles. The molecule has 3 N–H and O–H groups in total. The fraction of sp³-hybridized carbons (Fsp3) is 0.364. The van der Waals surface area contributed by atoms with Crippen LogP contribution in [0.1, 0.15) is 6.42 Å². The highest BCUT2D eigenvalue weighted by atomic mass is 127. The van der Waals surface area contributed by atoms with Gasteiger partial charge in [0, 0.05) is 13.6 Å².